The summed E-state index contributed by atoms with van der Waals surface area (Å²) < 4.78 is 0.789. The third-order valence-electron chi connectivity index (χ3n) is 0.309. The first kappa shape index (κ1) is 5.82. The molecular formula is C3H8AlCl. The molecule has 30 valence electrons. The van der Waals surface area contributed by atoms with Crippen LogP contribution in [0.1, 0.15) is 13.8 Å². The van der Waals surface area contributed by atoms with Gasteiger partial charge in [-0.2, -0.15) is 0 Å². The minimum absolute atomic E-state index is 0.179. The van der Waals surface area contributed by atoms with Gasteiger partial charge in [0.2, 0.25) is 0 Å². The molecule has 0 aliphatic carbocycles. The van der Waals surface area contributed by atoms with Gasteiger partial charge in [0, 0.05) is 0 Å². The molecule has 0 unspecified atom stereocenters. The summed E-state index contributed by atoms with van der Waals surface area (Å²) in [6.45, 7) is 4.30. The van der Waals surface area contributed by atoms with Crippen LogP contribution >= 0.6 is 10.0 Å². The number of halogens is 1. The van der Waals surface area contributed by atoms with Crippen molar-refractivity contribution in [1.29, 1.82) is 0 Å². The standard InChI is InChI=1S/C3H7.Al.ClH.H/c1-3-2;;;/h3H,1-2H3;;1H;/q;+1;;/p-1. The molecule has 0 fully saturated rings. The van der Waals surface area contributed by atoms with Crippen LogP contribution in [0.5, 0.6) is 0 Å². The first-order valence-corrected chi connectivity index (χ1v) is 4.78. The SMILES string of the molecule is C[CH](C)[AlH][Cl]. The van der Waals surface area contributed by atoms with Gasteiger partial charge < -0.3 is 0 Å². The molecule has 0 aromatic carbocycles. The highest BCUT2D eigenvalue weighted by atomic mass is 35.6. The fourth-order valence-electron chi connectivity index (χ4n) is 0. The second-order valence-corrected chi connectivity index (χ2v) is 4.42. The second kappa shape index (κ2) is 3.03. The summed E-state index contributed by atoms with van der Waals surface area (Å²) in [5.41, 5.74) is 0. The molecule has 0 saturated carbocycles. The summed E-state index contributed by atoms with van der Waals surface area (Å²) in [6, 6.07) is 0. The summed E-state index contributed by atoms with van der Waals surface area (Å²) in [4.78, 5) is 0. The molecular weight excluding hydrogens is 98.5 g/mol. The highest BCUT2D eigenvalue weighted by Crippen LogP contribution is 1.96. The molecule has 0 bridgehead atoms. The fraction of sp³-hybridized carbons (Fsp3) is 1.00. The van der Waals surface area contributed by atoms with Crippen LogP contribution in [0.4, 0.5) is 0 Å². The molecule has 0 aliphatic heterocycles. The average Bonchev–Trinajstić information content (AvgIpc) is 1.38. The normalized spacial score (nSPS) is 8.80. The maximum atomic E-state index is 5.48. The van der Waals surface area contributed by atoms with E-state index in [4.69, 9.17) is 10.0 Å². The fourth-order valence-corrected chi connectivity index (χ4v) is 0. The van der Waals surface area contributed by atoms with E-state index in [1.54, 1.807) is 0 Å². The third kappa shape index (κ3) is 4.82. The Morgan fingerprint density at radius 3 is 1.80 bits per heavy atom. The molecule has 5 heavy (non-hydrogen) atoms. The van der Waals surface area contributed by atoms with Crippen LogP contribution in [0.15, 0.2) is 0 Å². The lowest BCUT2D eigenvalue weighted by Gasteiger charge is -1.84. The second-order valence-electron chi connectivity index (χ2n) is 1.55. The molecule has 0 saturated heterocycles. The van der Waals surface area contributed by atoms with Gasteiger partial charge in [-0.15, -0.1) is 0 Å². The van der Waals surface area contributed by atoms with Gasteiger partial charge in [-0.25, -0.2) is 0 Å². The topological polar surface area (TPSA) is 0 Å². The monoisotopic (exact) mass is 106 g/mol. The van der Waals surface area contributed by atoms with E-state index in [2.05, 4.69) is 13.8 Å². The minimum Gasteiger partial charge on any atom is -0.267 e. The molecule has 0 aromatic rings. The van der Waals surface area contributed by atoms with Gasteiger partial charge >= 0.3 is 14.3 Å². The lowest BCUT2D eigenvalue weighted by atomic mass is 10.6. The van der Waals surface area contributed by atoms with Crippen LogP contribution in [0.3, 0.4) is 0 Å². The van der Waals surface area contributed by atoms with Crippen LogP contribution in [-0.4, -0.2) is 14.3 Å². The Labute approximate surface area is 43.4 Å². The lowest BCUT2D eigenvalue weighted by Crippen LogP contribution is -1.80. The van der Waals surface area contributed by atoms with Crippen molar-refractivity contribution in [2.75, 3.05) is 0 Å². The van der Waals surface area contributed by atoms with E-state index in [0.717, 1.165) is 4.78 Å². The molecule has 0 rings (SSSR count). The first-order chi connectivity index (χ1) is 2.27. The molecule has 2 heteroatoms. The van der Waals surface area contributed by atoms with E-state index >= 15 is 0 Å². The Morgan fingerprint density at radius 2 is 1.80 bits per heavy atom. The zero-order chi connectivity index (χ0) is 4.28. The van der Waals surface area contributed by atoms with Crippen molar-refractivity contribution in [1.82, 2.24) is 0 Å². The smallest absolute Gasteiger partial charge is 0.267 e. The van der Waals surface area contributed by atoms with Crippen LogP contribution in [0, 0.1) is 0 Å². The van der Waals surface area contributed by atoms with Gasteiger partial charge in [0.05, 0.1) is 0 Å². The van der Waals surface area contributed by atoms with Crippen molar-refractivity contribution >= 4 is 24.3 Å². The van der Waals surface area contributed by atoms with Gasteiger partial charge in [0.1, 0.15) is 0 Å². The number of hydrogen-bond acceptors (Lipinski definition) is 0. The maximum absolute atomic E-state index is 5.48. The highest BCUT2D eigenvalue weighted by Gasteiger charge is 1.89. The Hall–Kier alpha value is 0.822. The molecule has 0 heterocycles. The van der Waals surface area contributed by atoms with E-state index in [1.165, 1.54) is 0 Å². The van der Waals surface area contributed by atoms with E-state index < -0.39 is 0 Å². The van der Waals surface area contributed by atoms with Crippen LogP contribution in [0.25, 0.3) is 0 Å². The lowest BCUT2D eigenvalue weighted by molar-refractivity contribution is 1.07. The van der Waals surface area contributed by atoms with Gasteiger partial charge in [-0.05, 0) is 0 Å². The molecule has 0 spiro atoms. The van der Waals surface area contributed by atoms with Gasteiger partial charge in [-0.1, -0.05) is 18.6 Å². The molecule has 0 amide bonds. The summed E-state index contributed by atoms with van der Waals surface area (Å²) in [7, 11) is 5.48. The number of hydrogen-bond donors (Lipinski definition) is 0. The molecule has 0 N–H and O–H groups in total. The molecule has 0 atom stereocenters. The summed E-state index contributed by atoms with van der Waals surface area (Å²) in [6.07, 6.45) is 0. The summed E-state index contributed by atoms with van der Waals surface area (Å²) in [5, 5.41) is 0. The predicted octanol–water partition coefficient (Wildman–Crippen LogP) is 1.41. The quantitative estimate of drug-likeness (QED) is 0.444. The zero-order valence-electron chi connectivity index (χ0n) is 3.66. The van der Waals surface area contributed by atoms with Crippen LogP contribution in [-0.2, 0) is 0 Å². The largest absolute Gasteiger partial charge is 0.379 e. The van der Waals surface area contributed by atoms with E-state index in [9.17, 15) is 0 Å². The molecule has 0 nitrogen and oxygen atoms in total. The van der Waals surface area contributed by atoms with E-state index in [0.29, 0.717) is 0 Å². The molecule has 0 radical (unpaired) electrons. The van der Waals surface area contributed by atoms with Crippen LogP contribution in [0.2, 0.25) is 4.78 Å². The highest BCUT2D eigenvalue weighted by molar-refractivity contribution is 6.94. The van der Waals surface area contributed by atoms with Crippen molar-refractivity contribution in [3.8, 4) is 0 Å². The molecule has 0 aliphatic rings. The van der Waals surface area contributed by atoms with Crippen molar-refractivity contribution in [2.24, 2.45) is 0 Å². The number of rotatable bonds is 1. The van der Waals surface area contributed by atoms with E-state index in [-0.39, 0.29) is 14.3 Å². The van der Waals surface area contributed by atoms with Crippen LogP contribution < -0.4 is 0 Å². The summed E-state index contributed by atoms with van der Waals surface area (Å²) >= 11 is -0.179. The van der Waals surface area contributed by atoms with Gasteiger partial charge in [0.15, 0.2) is 0 Å². The average molecular weight is 107 g/mol. The third-order valence-corrected chi connectivity index (χ3v) is 2.78. The Kier molecular flexibility index (Phi) is 3.53. The zero-order valence-corrected chi connectivity index (χ0v) is 5.83. The summed E-state index contributed by atoms with van der Waals surface area (Å²) in [5.74, 6) is 0. The Balaban J connectivity index is 2.54. The maximum Gasteiger partial charge on any atom is 0.379 e. The van der Waals surface area contributed by atoms with E-state index in [1.807, 2.05) is 0 Å². The minimum atomic E-state index is -0.179. The first-order valence-electron chi connectivity index (χ1n) is 1.83. The van der Waals surface area contributed by atoms with Gasteiger partial charge in [-0.3, -0.25) is 10.0 Å². The Bertz CT molecular complexity index is 20.9. The Morgan fingerprint density at radius 1 is 1.60 bits per heavy atom. The van der Waals surface area contributed by atoms with Crippen molar-refractivity contribution in [3.05, 3.63) is 0 Å². The van der Waals surface area contributed by atoms with Crippen molar-refractivity contribution < 1.29 is 0 Å². The van der Waals surface area contributed by atoms with Crippen molar-refractivity contribution in [2.45, 2.75) is 18.6 Å². The van der Waals surface area contributed by atoms with Gasteiger partial charge in [0.25, 0.3) is 0 Å². The molecule has 0 aromatic heterocycles. The predicted molar refractivity (Wildman–Crippen MR) is 28.1 cm³/mol. The van der Waals surface area contributed by atoms with Crippen molar-refractivity contribution in [3.63, 3.8) is 0 Å².